The molecule has 1 aliphatic rings. The van der Waals surface area contributed by atoms with E-state index in [4.69, 9.17) is 4.42 Å². The normalized spacial score (nSPS) is 14.7. The Hall–Kier alpha value is -3.08. The SMILES string of the molecule is Cc1c(C(=O)NC(c2ccccc2)c2ccco2)[nH]c2c1C(=O)CCC2. The van der Waals surface area contributed by atoms with Crippen molar-refractivity contribution in [1.29, 1.82) is 0 Å². The summed E-state index contributed by atoms with van der Waals surface area (Å²) < 4.78 is 5.54. The molecule has 1 aromatic carbocycles. The van der Waals surface area contributed by atoms with Gasteiger partial charge in [-0.2, -0.15) is 0 Å². The van der Waals surface area contributed by atoms with Crippen LogP contribution in [0.1, 0.15) is 62.3 Å². The summed E-state index contributed by atoms with van der Waals surface area (Å²) in [5, 5.41) is 3.04. The van der Waals surface area contributed by atoms with Gasteiger partial charge in [-0.1, -0.05) is 30.3 Å². The second-order valence-electron chi connectivity index (χ2n) is 6.59. The van der Waals surface area contributed by atoms with Crippen LogP contribution in [0.2, 0.25) is 0 Å². The maximum atomic E-state index is 13.0. The number of Topliss-reactive ketones (excluding diaryl/α,β-unsaturated/α-hetero) is 1. The minimum atomic E-state index is -0.394. The fourth-order valence-electron chi connectivity index (χ4n) is 3.62. The number of aromatic nitrogens is 1. The largest absolute Gasteiger partial charge is 0.467 e. The first-order valence-corrected chi connectivity index (χ1v) is 8.79. The lowest BCUT2D eigenvalue weighted by molar-refractivity contribution is 0.0933. The van der Waals surface area contributed by atoms with E-state index in [-0.39, 0.29) is 11.7 Å². The lowest BCUT2D eigenvalue weighted by atomic mass is 9.93. The van der Waals surface area contributed by atoms with Gasteiger partial charge in [0.05, 0.1) is 6.26 Å². The fourth-order valence-corrected chi connectivity index (χ4v) is 3.62. The average molecular weight is 348 g/mol. The number of carbonyl (C=O) groups excluding carboxylic acids is 2. The predicted octanol–water partition coefficient (Wildman–Crippen LogP) is 3.95. The highest BCUT2D eigenvalue weighted by Crippen LogP contribution is 2.28. The molecular formula is C21H20N2O3. The van der Waals surface area contributed by atoms with E-state index in [0.717, 1.165) is 29.7 Å². The molecule has 0 saturated carbocycles. The third-order valence-corrected chi connectivity index (χ3v) is 4.90. The molecule has 0 saturated heterocycles. The van der Waals surface area contributed by atoms with Gasteiger partial charge in [0.25, 0.3) is 5.91 Å². The maximum absolute atomic E-state index is 13.0. The zero-order valence-electron chi connectivity index (χ0n) is 14.5. The number of aromatic amines is 1. The molecule has 2 aromatic heterocycles. The van der Waals surface area contributed by atoms with Gasteiger partial charge in [-0.05, 0) is 43.0 Å². The Kier molecular flexibility index (Phi) is 4.21. The van der Waals surface area contributed by atoms with E-state index in [1.165, 1.54) is 0 Å². The molecule has 1 atom stereocenters. The Bertz CT molecular complexity index is 939. The monoisotopic (exact) mass is 348 g/mol. The number of nitrogens with one attached hydrogen (secondary N) is 2. The molecule has 0 radical (unpaired) electrons. The van der Waals surface area contributed by atoms with Crippen LogP contribution >= 0.6 is 0 Å². The predicted molar refractivity (Wildman–Crippen MR) is 97.3 cm³/mol. The first kappa shape index (κ1) is 16.4. The van der Waals surface area contributed by atoms with Crippen LogP contribution in [0.4, 0.5) is 0 Å². The van der Waals surface area contributed by atoms with E-state index in [1.54, 1.807) is 12.3 Å². The van der Waals surface area contributed by atoms with Crippen molar-refractivity contribution in [2.75, 3.05) is 0 Å². The number of amides is 1. The summed E-state index contributed by atoms with van der Waals surface area (Å²) in [6.07, 6.45) is 3.77. The van der Waals surface area contributed by atoms with Crippen molar-refractivity contribution in [3.05, 3.63) is 82.6 Å². The minimum Gasteiger partial charge on any atom is -0.467 e. The number of hydrogen-bond donors (Lipinski definition) is 2. The zero-order valence-corrected chi connectivity index (χ0v) is 14.5. The molecule has 2 N–H and O–H groups in total. The van der Waals surface area contributed by atoms with E-state index >= 15 is 0 Å². The van der Waals surface area contributed by atoms with Gasteiger partial charge in [-0.15, -0.1) is 0 Å². The molecule has 1 amide bonds. The second-order valence-corrected chi connectivity index (χ2v) is 6.59. The number of carbonyl (C=O) groups is 2. The summed E-state index contributed by atoms with van der Waals surface area (Å²) in [6.45, 7) is 1.83. The van der Waals surface area contributed by atoms with Crippen molar-refractivity contribution in [2.24, 2.45) is 0 Å². The van der Waals surface area contributed by atoms with Gasteiger partial charge in [-0.3, -0.25) is 9.59 Å². The van der Waals surface area contributed by atoms with Crippen LogP contribution < -0.4 is 5.32 Å². The number of furan rings is 1. The van der Waals surface area contributed by atoms with E-state index in [9.17, 15) is 9.59 Å². The molecule has 2 heterocycles. The first-order valence-electron chi connectivity index (χ1n) is 8.79. The smallest absolute Gasteiger partial charge is 0.268 e. The number of H-pyrrole nitrogens is 1. The fraction of sp³-hybridized carbons (Fsp3) is 0.238. The number of aryl methyl sites for hydroxylation is 1. The lowest BCUT2D eigenvalue weighted by Gasteiger charge is -2.17. The van der Waals surface area contributed by atoms with Crippen molar-refractivity contribution in [2.45, 2.75) is 32.2 Å². The Morgan fingerprint density at radius 2 is 1.96 bits per heavy atom. The first-order chi connectivity index (χ1) is 12.6. The molecule has 0 aliphatic heterocycles. The number of fused-ring (bicyclic) bond motifs is 1. The van der Waals surface area contributed by atoms with Crippen molar-refractivity contribution in [3.63, 3.8) is 0 Å². The summed E-state index contributed by atoms with van der Waals surface area (Å²) in [6, 6.07) is 12.9. The van der Waals surface area contributed by atoms with E-state index in [2.05, 4.69) is 10.3 Å². The Morgan fingerprint density at radius 3 is 2.65 bits per heavy atom. The Morgan fingerprint density at radius 1 is 1.15 bits per heavy atom. The molecule has 4 rings (SSSR count). The van der Waals surface area contributed by atoms with Gasteiger partial charge in [0.15, 0.2) is 5.78 Å². The third-order valence-electron chi connectivity index (χ3n) is 4.90. The van der Waals surface area contributed by atoms with Crippen molar-refractivity contribution >= 4 is 11.7 Å². The molecule has 26 heavy (non-hydrogen) atoms. The van der Waals surface area contributed by atoms with Crippen LogP contribution in [-0.2, 0) is 6.42 Å². The van der Waals surface area contributed by atoms with Gasteiger partial charge in [0.2, 0.25) is 0 Å². The van der Waals surface area contributed by atoms with Gasteiger partial charge >= 0.3 is 0 Å². The number of benzene rings is 1. The van der Waals surface area contributed by atoms with Gasteiger partial charge in [-0.25, -0.2) is 0 Å². The number of ketones is 1. The molecule has 5 nitrogen and oxygen atoms in total. The molecule has 1 unspecified atom stereocenters. The summed E-state index contributed by atoms with van der Waals surface area (Å²) in [7, 11) is 0. The van der Waals surface area contributed by atoms with Crippen molar-refractivity contribution < 1.29 is 14.0 Å². The van der Waals surface area contributed by atoms with Gasteiger partial charge in [0.1, 0.15) is 17.5 Å². The quantitative estimate of drug-likeness (QED) is 0.749. The lowest BCUT2D eigenvalue weighted by Crippen LogP contribution is -2.29. The van der Waals surface area contributed by atoms with E-state index in [1.807, 2.05) is 43.3 Å². The van der Waals surface area contributed by atoms with Crippen molar-refractivity contribution in [3.8, 4) is 0 Å². The van der Waals surface area contributed by atoms with Crippen molar-refractivity contribution in [1.82, 2.24) is 10.3 Å². The average Bonchev–Trinajstić information content (AvgIpc) is 3.29. The number of hydrogen-bond acceptors (Lipinski definition) is 3. The van der Waals surface area contributed by atoms with Crippen LogP contribution in [0.15, 0.2) is 53.1 Å². The Balaban J connectivity index is 1.67. The molecule has 0 bridgehead atoms. The van der Waals surface area contributed by atoms with E-state index < -0.39 is 6.04 Å². The topological polar surface area (TPSA) is 75.1 Å². The van der Waals surface area contributed by atoms with Crippen LogP contribution in [-0.4, -0.2) is 16.7 Å². The zero-order chi connectivity index (χ0) is 18.1. The molecule has 3 aromatic rings. The van der Waals surface area contributed by atoms with Crippen LogP contribution in [0, 0.1) is 6.92 Å². The maximum Gasteiger partial charge on any atom is 0.268 e. The number of rotatable bonds is 4. The molecule has 0 spiro atoms. The highest BCUT2D eigenvalue weighted by atomic mass is 16.3. The van der Waals surface area contributed by atoms with Gasteiger partial charge in [0, 0.05) is 17.7 Å². The summed E-state index contributed by atoms with van der Waals surface area (Å²) in [4.78, 5) is 28.4. The Labute approximate surface area is 151 Å². The molecule has 5 heteroatoms. The van der Waals surface area contributed by atoms with E-state index in [0.29, 0.717) is 23.4 Å². The molecular weight excluding hydrogens is 328 g/mol. The standard InChI is InChI=1S/C21H20N2O3/c1-13-18-15(9-5-10-16(18)24)22-19(13)21(25)23-20(17-11-6-12-26-17)14-7-3-2-4-8-14/h2-4,6-8,11-12,20,22H,5,9-10H2,1H3,(H,23,25). The van der Waals surface area contributed by atoms with Crippen LogP contribution in [0.5, 0.6) is 0 Å². The molecule has 1 aliphatic carbocycles. The summed E-state index contributed by atoms with van der Waals surface area (Å²) in [5.41, 5.74) is 3.68. The third kappa shape index (κ3) is 2.86. The summed E-state index contributed by atoms with van der Waals surface area (Å²) in [5.74, 6) is 0.536. The van der Waals surface area contributed by atoms with Crippen LogP contribution in [0.25, 0.3) is 0 Å². The molecule has 0 fully saturated rings. The summed E-state index contributed by atoms with van der Waals surface area (Å²) >= 11 is 0. The second kappa shape index (κ2) is 6.67. The highest BCUT2D eigenvalue weighted by molar-refractivity contribution is 6.04. The highest BCUT2D eigenvalue weighted by Gasteiger charge is 2.28. The van der Waals surface area contributed by atoms with Gasteiger partial charge < -0.3 is 14.7 Å². The minimum absolute atomic E-state index is 0.115. The molecule has 132 valence electrons. The van der Waals surface area contributed by atoms with Crippen LogP contribution in [0.3, 0.4) is 0 Å².